The highest BCUT2D eigenvalue weighted by Crippen LogP contribution is 2.25. The van der Waals surface area contributed by atoms with Crippen molar-refractivity contribution in [3.63, 3.8) is 0 Å². The monoisotopic (exact) mass is 452 g/mol. The van der Waals surface area contributed by atoms with E-state index in [4.69, 9.17) is 14.2 Å². The van der Waals surface area contributed by atoms with Gasteiger partial charge in [0.2, 0.25) is 0 Å². The fraction of sp³-hybridized carbons (Fsp3) is 0.125. The molecule has 0 aliphatic carbocycles. The van der Waals surface area contributed by atoms with Crippen molar-refractivity contribution in [3.05, 3.63) is 94.5 Å². The average Bonchev–Trinajstić information content (AvgIpc) is 2.74. The molecular weight excluding hydrogens is 432 g/mol. The van der Waals surface area contributed by atoms with Gasteiger partial charge in [-0.25, -0.2) is 4.79 Å². The minimum atomic E-state index is -0.467. The van der Waals surface area contributed by atoms with E-state index < -0.39 is 5.97 Å². The van der Waals surface area contributed by atoms with Crippen molar-refractivity contribution in [1.29, 1.82) is 0 Å². The molecule has 4 nitrogen and oxygen atoms in total. The van der Waals surface area contributed by atoms with Gasteiger partial charge in [0.1, 0.15) is 23.9 Å². The lowest BCUT2D eigenvalue weighted by molar-refractivity contribution is -0.128. The van der Waals surface area contributed by atoms with Gasteiger partial charge in [-0.15, -0.1) is 0 Å². The SMILES string of the molecule is CCOc1ccc(Br)cc1/C=C/C(=O)Oc1ccc(OCc2ccccc2)cc1. The van der Waals surface area contributed by atoms with Crippen LogP contribution in [0.5, 0.6) is 17.2 Å². The molecule has 0 aliphatic rings. The smallest absolute Gasteiger partial charge is 0.336 e. The molecule has 29 heavy (non-hydrogen) atoms. The first-order valence-electron chi connectivity index (χ1n) is 9.23. The van der Waals surface area contributed by atoms with Gasteiger partial charge in [0.25, 0.3) is 0 Å². The summed E-state index contributed by atoms with van der Waals surface area (Å²) in [6.07, 6.45) is 3.06. The van der Waals surface area contributed by atoms with E-state index in [9.17, 15) is 4.79 Å². The number of esters is 1. The summed E-state index contributed by atoms with van der Waals surface area (Å²) in [5, 5.41) is 0. The van der Waals surface area contributed by atoms with E-state index in [1.807, 2.05) is 55.5 Å². The van der Waals surface area contributed by atoms with E-state index in [1.165, 1.54) is 6.08 Å². The number of carbonyl (C=O) groups is 1. The summed E-state index contributed by atoms with van der Waals surface area (Å²) in [6.45, 7) is 2.94. The number of hydrogen-bond donors (Lipinski definition) is 0. The second kappa shape index (κ2) is 10.5. The van der Waals surface area contributed by atoms with Crippen LogP contribution in [0, 0.1) is 0 Å². The van der Waals surface area contributed by atoms with Gasteiger partial charge in [-0.1, -0.05) is 46.3 Å². The molecule has 0 radical (unpaired) electrons. The van der Waals surface area contributed by atoms with Crippen LogP contribution in [0.1, 0.15) is 18.1 Å². The summed E-state index contributed by atoms with van der Waals surface area (Å²) in [7, 11) is 0. The number of ether oxygens (including phenoxy) is 3. The Morgan fingerprint density at radius 1 is 0.931 bits per heavy atom. The van der Waals surface area contributed by atoms with E-state index in [0.29, 0.717) is 30.5 Å². The normalized spacial score (nSPS) is 10.7. The predicted molar refractivity (Wildman–Crippen MR) is 117 cm³/mol. The standard InChI is InChI=1S/C24H21BrO4/c1-2-27-23-14-9-20(25)16-19(23)8-15-24(26)29-22-12-10-21(11-13-22)28-17-18-6-4-3-5-7-18/h3-16H,2,17H2,1H3/b15-8+. The summed E-state index contributed by atoms with van der Waals surface area (Å²) in [5.74, 6) is 1.40. The minimum absolute atomic E-state index is 0.450. The third kappa shape index (κ3) is 6.50. The van der Waals surface area contributed by atoms with Gasteiger partial charge in [-0.3, -0.25) is 0 Å². The van der Waals surface area contributed by atoms with E-state index in [0.717, 1.165) is 15.6 Å². The number of rotatable bonds is 8. The second-order valence-electron chi connectivity index (χ2n) is 6.12. The Morgan fingerprint density at radius 2 is 1.66 bits per heavy atom. The first kappa shape index (κ1) is 20.7. The van der Waals surface area contributed by atoms with Crippen LogP contribution in [0.4, 0.5) is 0 Å². The van der Waals surface area contributed by atoms with Crippen LogP contribution in [0.15, 0.2) is 83.3 Å². The Morgan fingerprint density at radius 3 is 2.38 bits per heavy atom. The molecule has 3 rings (SSSR count). The van der Waals surface area contributed by atoms with Crippen molar-refractivity contribution in [2.45, 2.75) is 13.5 Å². The molecule has 0 saturated carbocycles. The lowest BCUT2D eigenvalue weighted by atomic mass is 10.2. The van der Waals surface area contributed by atoms with Crippen molar-refractivity contribution in [1.82, 2.24) is 0 Å². The summed E-state index contributed by atoms with van der Waals surface area (Å²) in [4.78, 5) is 12.1. The third-order valence-corrected chi connectivity index (χ3v) is 4.45. The van der Waals surface area contributed by atoms with Crippen LogP contribution in [0.3, 0.4) is 0 Å². The van der Waals surface area contributed by atoms with Crippen LogP contribution in [-0.4, -0.2) is 12.6 Å². The van der Waals surface area contributed by atoms with Gasteiger partial charge in [0, 0.05) is 16.1 Å². The number of halogens is 1. The Labute approximate surface area is 178 Å². The molecule has 148 valence electrons. The van der Waals surface area contributed by atoms with E-state index in [2.05, 4.69) is 15.9 Å². The van der Waals surface area contributed by atoms with Crippen LogP contribution in [0.2, 0.25) is 0 Å². The quantitative estimate of drug-likeness (QED) is 0.237. The van der Waals surface area contributed by atoms with Crippen molar-refractivity contribution in [2.75, 3.05) is 6.61 Å². The van der Waals surface area contributed by atoms with Gasteiger partial charge < -0.3 is 14.2 Å². The molecule has 0 atom stereocenters. The molecule has 3 aromatic carbocycles. The predicted octanol–water partition coefficient (Wildman–Crippen LogP) is 6.05. The summed E-state index contributed by atoms with van der Waals surface area (Å²) >= 11 is 3.43. The topological polar surface area (TPSA) is 44.8 Å². The van der Waals surface area contributed by atoms with Gasteiger partial charge >= 0.3 is 5.97 Å². The molecular formula is C24H21BrO4. The molecule has 0 heterocycles. The molecule has 0 spiro atoms. The summed E-state index contributed by atoms with van der Waals surface area (Å²) in [5.41, 5.74) is 1.88. The molecule has 0 unspecified atom stereocenters. The highest BCUT2D eigenvalue weighted by molar-refractivity contribution is 9.10. The van der Waals surface area contributed by atoms with Crippen LogP contribution < -0.4 is 14.2 Å². The molecule has 0 fully saturated rings. The van der Waals surface area contributed by atoms with E-state index in [1.54, 1.807) is 30.3 Å². The van der Waals surface area contributed by atoms with Crippen LogP contribution in [0.25, 0.3) is 6.08 Å². The fourth-order valence-corrected chi connectivity index (χ4v) is 2.97. The highest BCUT2D eigenvalue weighted by atomic mass is 79.9. The Bertz CT molecular complexity index is 966. The van der Waals surface area contributed by atoms with Gasteiger partial charge in [0.05, 0.1) is 6.61 Å². The van der Waals surface area contributed by atoms with Crippen molar-refractivity contribution in [2.24, 2.45) is 0 Å². The zero-order valence-corrected chi connectivity index (χ0v) is 17.6. The number of benzene rings is 3. The molecule has 0 N–H and O–H groups in total. The van der Waals surface area contributed by atoms with Crippen molar-refractivity contribution in [3.8, 4) is 17.2 Å². The van der Waals surface area contributed by atoms with Gasteiger partial charge in [0.15, 0.2) is 0 Å². The maximum atomic E-state index is 12.1. The van der Waals surface area contributed by atoms with Crippen molar-refractivity contribution < 1.29 is 19.0 Å². The third-order valence-electron chi connectivity index (χ3n) is 3.96. The lowest BCUT2D eigenvalue weighted by Gasteiger charge is -2.08. The lowest BCUT2D eigenvalue weighted by Crippen LogP contribution is -2.04. The Hall–Kier alpha value is -3.05. The van der Waals surface area contributed by atoms with E-state index >= 15 is 0 Å². The van der Waals surface area contributed by atoms with Crippen LogP contribution in [-0.2, 0) is 11.4 Å². The fourth-order valence-electron chi connectivity index (χ4n) is 2.59. The second-order valence-corrected chi connectivity index (χ2v) is 7.03. The number of carbonyl (C=O) groups excluding carboxylic acids is 1. The van der Waals surface area contributed by atoms with Crippen molar-refractivity contribution >= 4 is 28.0 Å². The molecule has 3 aromatic rings. The summed E-state index contributed by atoms with van der Waals surface area (Å²) < 4.78 is 17.6. The average molecular weight is 453 g/mol. The maximum Gasteiger partial charge on any atom is 0.336 e. The number of hydrogen-bond acceptors (Lipinski definition) is 4. The molecule has 0 saturated heterocycles. The Balaban J connectivity index is 1.57. The molecule has 0 bridgehead atoms. The largest absolute Gasteiger partial charge is 0.493 e. The highest BCUT2D eigenvalue weighted by Gasteiger charge is 2.05. The molecule has 0 amide bonds. The Kier molecular flexibility index (Phi) is 7.47. The molecule has 0 aromatic heterocycles. The van der Waals surface area contributed by atoms with E-state index in [-0.39, 0.29) is 0 Å². The zero-order chi connectivity index (χ0) is 20.5. The van der Waals surface area contributed by atoms with Gasteiger partial charge in [-0.2, -0.15) is 0 Å². The van der Waals surface area contributed by atoms with Gasteiger partial charge in [-0.05, 0) is 61.0 Å². The first-order chi connectivity index (χ1) is 14.1. The maximum absolute atomic E-state index is 12.1. The first-order valence-corrected chi connectivity index (χ1v) is 10.0. The molecule has 5 heteroatoms. The zero-order valence-electron chi connectivity index (χ0n) is 16.0. The van der Waals surface area contributed by atoms with Crippen LogP contribution >= 0.6 is 15.9 Å². The summed E-state index contributed by atoms with van der Waals surface area (Å²) in [6, 6.07) is 22.5. The minimum Gasteiger partial charge on any atom is -0.493 e. The molecule has 0 aliphatic heterocycles.